The van der Waals surface area contributed by atoms with E-state index in [1.807, 2.05) is 31.2 Å². The summed E-state index contributed by atoms with van der Waals surface area (Å²) in [5.74, 6) is 0. The van der Waals surface area contributed by atoms with E-state index in [2.05, 4.69) is 22.8 Å². The second-order valence-corrected chi connectivity index (χ2v) is 5.74. The summed E-state index contributed by atoms with van der Waals surface area (Å²) in [6.07, 6.45) is -0.262. The average molecular weight is 273 g/mol. The summed E-state index contributed by atoms with van der Waals surface area (Å²) in [6.45, 7) is 8.79. The molecular weight excluding hydrogens is 250 g/mol. The first-order valence-corrected chi connectivity index (χ1v) is 7.22. The number of β-amino-alcohol motifs (C(OH)–C–C–N with tert-alkyl or cyclic N) is 1. The Hall–Kier alpha value is -1.41. The molecule has 0 bridgehead atoms. The molecule has 2 rings (SSSR count). The van der Waals surface area contributed by atoms with E-state index in [1.165, 1.54) is 5.56 Å². The van der Waals surface area contributed by atoms with Crippen molar-refractivity contribution >= 4 is 0 Å². The van der Waals surface area contributed by atoms with Crippen molar-refractivity contribution in [3.05, 3.63) is 35.4 Å². The van der Waals surface area contributed by atoms with E-state index in [0.29, 0.717) is 11.6 Å². The molecule has 0 amide bonds. The lowest BCUT2D eigenvalue weighted by atomic mass is 10.1. The SMILES string of the molecule is C[C@@H]1CN(Cc2ccc(C#N)cc2)CCN1C[C@@H](C)O. The van der Waals surface area contributed by atoms with E-state index >= 15 is 0 Å². The van der Waals surface area contributed by atoms with Gasteiger partial charge in [-0.2, -0.15) is 5.26 Å². The summed E-state index contributed by atoms with van der Waals surface area (Å²) in [6, 6.07) is 10.4. The molecule has 1 aliphatic rings. The van der Waals surface area contributed by atoms with Crippen molar-refractivity contribution in [1.29, 1.82) is 5.26 Å². The van der Waals surface area contributed by atoms with E-state index in [1.54, 1.807) is 0 Å². The summed E-state index contributed by atoms with van der Waals surface area (Å²) in [7, 11) is 0. The number of nitrogens with zero attached hydrogens (tertiary/aromatic N) is 3. The standard InChI is InChI=1S/C16H23N3O/c1-13-10-18(7-8-19(13)11-14(2)20)12-16-5-3-15(9-17)4-6-16/h3-6,13-14,20H,7-8,10-12H2,1-2H3/t13-,14-/m1/s1. The van der Waals surface area contributed by atoms with Crippen molar-refractivity contribution in [2.75, 3.05) is 26.2 Å². The molecule has 0 aliphatic carbocycles. The van der Waals surface area contributed by atoms with Gasteiger partial charge in [-0.15, -0.1) is 0 Å². The van der Waals surface area contributed by atoms with Gasteiger partial charge >= 0.3 is 0 Å². The second-order valence-electron chi connectivity index (χ2n) is 5.74. The number of piperazine rings is 1. The van der Waals surface area contributed by atoms with Crippen LogP contribution in [0.25, 0.3) is 0 Å². The van der Waals surface area contributed by atoms with Crippen molar-refractivity contribution < 1.29 is 5.11 Å². The van der Waals surface area contributed by atoms with Gasteiger partial charge in [-0.1, -0.05) is 12.1 Å². The van der Waals surface area contributed by atoms with Crippen LogP contribution >= 0.6 is 0 Å². The number of aliphatic hydroxyl groups excluding tert-OH is 1. The Morgan fingerprint density at radius 2 is 2.05 bits per heavy atom. The van der Waals surface area contributed by atoms with Crippen molar-refractivity contribution in [2.45, 2.75) is 32.5 Å². The fraction of sp³-hybridized carbons (Fsp3) is 0.562. The fourth-order valence-electron chi connectivity index (χ4n) is 2.77. The molecule has 1 saturated heterocycles. The van der Waals surface area contributed by atoms with Gasteiger partial charge in [0.15, 0.2) is 0 Å². The Bertz CT molecular complexity index is 464. The third-order valence-corrected chi connectivity index (χ3v) is 3.84. The van der Waals surface area contributed by atoms with Crippen LogP contribution in [0.15, 0.2) is 24.3 Å². The summed E-state index contributed by atoms with van der Waals surface area (Å²) >= 11 is 0. The van der Waals surface area contributed by atoms with Gasteiger partial charge in [0, 0.05) is 38.8 Å². The Labute approximate surface area is 121 Å². The second kappa shape index (κ2) is 6.85. The number of aliphatic hydroxyl groups is 1. The molecule has 4 heteroatoms. The zero-order chi connectivity index (χ0) is 14.5. The summed E-state index contributed by atoms with van der Waals surface area (Å²) < 4.78 is 0. The predicted octanol–water partition coefficient (Wildman–Crippen LogP) is 1.45. The van der Waals surface area contributed by atoms with E-state index in [-0.39, 0.29) is 6.10 Å². The molecule has 20 heavy (non-hydrogen) atoms. The first kappa shape index (κ1) is 15.0. The minimum absolute atomic E-state index is 0.262. The number of hydrogen-bond acceptors (Lipinski definition) is 4. The summed E-state index contributed by atoms with van der Waals surface area (Å²) in [5.41, 5.74) is 1.96. The van der Waals surface area contributed by atoms with Gasteiger partial charge in [0.05, 0.1) is 17.7 Å². The predicted molar refractivity (Wildman–Crippen MR) is 79.1 cm³/mol. The molecule has 0 aromatic heterocycles. The molecule has 1 aromatic rings. The van der Waals surface area contributed by atoms with Crippen molar-refractivity contribution in [2.24, 2.45) is 0 Å². The number of nitriles is 1. The van der Waals surface area contributed by atoms with Crippen LogP contribution in [-0.2, 0) is 6.54 Å². The maximum atomic E-state index is 9.49. The number of hydrogen-bond donors (Lipinski definition) is 1. The summed E-state index contributed by atoms with van der Waals surface area (Å²) in [5, 5.41) is 18.3. The van der Waals surface area contributed by atoms with Crippen LogP contribution in [-0.4, -0.2) is 53.2 Å². The first-order chi connectivity index (χ1) is 9.58. The highest BCUT2D eigenvalue weighted by Crippen LogP contribution is 2.14. The molecule has 1 aromatic carbocycles. The van der Waals surface area contributed by atoms with Gasteiger partial charge in [-0.25, -0.2) is 0 Å². The lowest BCUT2D eigenvalue weighted by Gasteiger charge is -2.40. The molecule has 0 spiro atoms. The molecule has 0 unspecified atom stereocenters. The monoisotopic (exact) mass is 273 g/mol. The fourth-order valence-corrected chi connectivity index (χ4v) is 2.77. The largest absolute Gasteiger partial charge is 0.392 e. The van der Waals surface area contributed by atoms with Gasteiger partial charge in [0.1, 0.15) is 0 Å². The molecule has 2 atom stereocenters. The van der Waals surface area contributed by atoms with Crippen LogP contribution in [0.4, 0.5) is 0 Å². The van der Waals surface area contributed by atoms with Crippen LogP contribution in [0, 0.1) is 11.3 Å². The quantitative estimate of drug-likeness (QED) is 0.902. The smallest absolute Gasteiger partial charge is 0.0991 e. The Morgan fingerprint density at radius 1 is 1.35 bits per heavy atom. The molecule has 1 fully saturated rings. The molecular formula is C16H23N3O. The van der Waals surface area contributed by atoms with Crippen molar-refractivity contribution in [3.8, 4) is 6.07 Å². The highest BCUT2D eigenvalue weighted by atomic mass is 16.3. The minimum Gasteiger partial charge on any atom is -0.392 e. The van der Waals surface area contributed by atoms with Gasteiger partial charge in [0.2, 0.25) is 0 Å². The van der Waals surface area contributed by atoms with Gasteiger partial charge in [0.25, 0.3) is 0 Å². The molecule has 1 aliphatic heterocycles. The maximum absolute atomic E-state index is 9.49. The molecule has 108 valence electrons. The van der Waals surface area contributed by atoms with Gasteiger partial charge in [-0.05, 0) is 31.5 Å². The first-order valence-electron chi connectivity index (χ1n) is 7.22. The van der Waals surface area contributed by atoms with Crippen molar-refractivity contribution in [3.63, 3.8) is 0 Å². The van der Waals surface area contributed by atoms with E-state index < -0.39 is 0 Å². The van der Waals surface area contributed by atoms with Crippen molar-refractivity contribution in [1.82, 2.24) is 9.80 Å². The third kappa shape index (κ3) is 4.04. The topological polar surface area (TPSA) is 50.5 Å². The molecule has 1 N–H and O–H groups in total. The van der Waals surface area contributed by atoms with E-state index in [0.717, 1.165) is 32.7 Å². The van der Waals surface area contributed by atoms with Crippen LogP contribution in [0.1, 0.15) is 25.0 Å². The number of benzene rings is 1. The maximum Gasteiger partial charge on any atom is 0.0991 e. The van der Waals surface area contributed by atoms with Crippen LogP contribution in [0.2, 0.25) is 0 Å². The van der Waals surface area contributed by atoms with Gasteiger partial charge < -0.3 is 5.11 Å². The highest BCUT2D eigenvalue weighted by Gasteiger charge is 2.24. The van der Waals surface area contributed by atoms with E-state index in [4.69, 9.17) is 5.26 Å². The van der Waals surface area contributed by atoms with E-state index in [9.17, 15) is 5.11 Å². The van der Waals surface area contributed by atoms with Crippen LogP contribution in [0.3, 0.4) is 0 Å². The average Bonchev–Trinajstić information content (AvgIpc) is 2.42. The third-order valence-electron chi connectivity index (χ3n) is 3.84. The lowest BCUT2D eigenvalue weighted by molar-refractivity contribution is 0.0423. The molecule has 0 saturated carbocycles. The Kier molecular flexibility index (Phi) is 5.13. The van der Waals surface area contributed by atoms with Gasteiger partial charge in [-0.3, -0.25) is 9.80 Å². The molecule has 4 nitrogen and oxygen atoms in total. The Morgan fingerprint density at radius 3 is 2.60 bits per heavy atom. The highest BCUT2D eigenvalue weighted by molar-refractivity contribution is 5.31. The molecule has 0 radical (unpaired) electrons. The summed E-state index contributed by atoms with van der Waals surface area (Å²) in [4.78, 5) is 4.78. The van der Waals surface area contributed by atoms with Crippen LogP contribution < -0.4 is 0 Å². The zero-order valence-electron chi connectivity index (χ0n) is 12.3. The van der Waals surface area contributed by atoms with Crippen LogP contribution in [0.5, 0.6) is 0 Å². The zero-order valence-corrected chi connectivity index (χ0v) is 12.3. The normalized spacial score (nSPS) is 22.4. The minimum atomic E-state index is -0.262. The number of rotatable bonds is 4. The Balaban J connectivity index is 1.88. The lowest BCUT2D eigenvalue weighted by Crippen LogP contribution is -2.53. The molecule has 1 heterocycles.